The molecular formula is C22H22ClNO4. The van der Waals surface area contributed by atoms with Crippen molar-refractivity contribution in [3.63, 3.8) is 0 Å². The predicted octanol–water partition coefficient (Wildman–Crippen LogP) is 6.08. The Balaban J connectivity index is 2.31. The highest BCUT2D eigenvalue weighted by Gasteiger charge is 2.23. The quantitative estimate of drug-likeness (QED) is 0.530. The van der Waals surface area contributed by atoms with Crippen LogP contribution in [-0.4, -0.2) is 11.7 Å². The summed E-state index contributed by atoms with van der Waals surface area (Å²) in [6.07, 6.45) is -0.729. The third-order valence-electron chi connectivity index (χ3n) is 4.23. The number of amides is 1. The molecule has 5 nitrogen and oxygen atoms in total. The molecule has 1 N–H and O–H groups in total. The molecule has 2 aromatic carbocycles. The number of carbonyl (C=O) groups is 1. The summed E-state index contributed by atoms with van der Waals surface area (Å²) in [4.78, 5) is 25.1. The van der Waals surface area contributed by atoms with E-state index >= 15 is 0 Å². The van der Waals surface area contributed by atoms with Crippen LogP contribution in [0.4, 0.5) is 10.5 Å². The molecule has 0 aliphatic heterocycles. The van der Waals surface area contributed by atoms with Crippen molar-refractivity contribution >= 4 is 34.4 Å². The van der Waals surface area contributed by atoms with Crippen LogP contribution in [0.1, 0.15) is 31.9 Å². The van der Waals surface area contributed by atoms with E-state index in [1.54, 1.807) is 32.9 Å². The standard InChI is InChI=1S/C22H22ClNO4/c1-12-8-6-7-9-14(12)18-15-11-16(23)13(2)10-17(15)27-20(25)19(18)24-21(26)28-22(3,4)5/h6-11H,1-5H3,(H,24,26). The average Bonchev–Trinajstić information content (AvgIpc) is 2.57. The molecule has 3 rings (SSSR count). The van der Waals surface area contributed by atoms with E-state index in [1.807, 2.05) is 38.1 Å². The summed E-state index contributed by atoms with van der Waals surface area (Å²) in [7, 11) is 0. The van der Waals surface area contributed by atoms with E-state index < -0.39 is 17.3 Å². The van der Waals surface area contributed by atoms with Crippen molar-refractivity contribution in [2.24, 2.45) is 0 Å². The Labute approximate surface area is 168 Å². The predicted molar refractivity (Wildman–Crippen MR) is 112 cm³/mol. The van der Waals surface area contributed by atoms with Gasteiger partial charge in [-0.2, -0.15) is 0 Å². The maximum Gasteiger partial charge on any atom is 0.412 e. The zero-order chi connectivity index (χ0) is 20.6. The van der Waals surface area contributed by atoms with Crippen LogP contribution in [0.3, 0.4) is 0 Å². The van der Waals surface area contributed by atoms with Crippen molar-refractivity contribution in [1.29, 1.82) is 0 Å². The number of anilines is 1. The molecule has 0 aliphatic rings. The lowest BCUT2D eigenvalue weighted by molar-refractivity contribution is 0.0635. The molecule has 0 fully saturated rings. The van der Waals surface area contributed by atoms with Gasteiger partial charge < -0.3 is 9.15 Å². The van der Waals surface area contributed by atoms with Gasteiger partial charge in [-0.15, -0.1) is 0 Å². The molecule has 1 amide bonds. The van der Waals surface area contributed by atoms with Gasteiger partial charge in [0.2, 0.25) is 0 Å². The van der Waals surface area contributed by atoms with Gasteiger partial charge in [-0.3, -0.25) is 5.32 Å². The number of fused-ring (bicyclic) bond motifs is 1. The van der Waals surface area contributed by atoms with E-state index in [0.717, 1.165) is 16.7 Å². The molecule has 0 spiro atoms. The number of benzene rings is 2. The monoisotopic (exact) mass is 399 g/mol. The van der Waals surface area contributed by atoms with Crippen molar-refractivity contribution in [2.45, 2.75) is 40.2 Å². The van der Waals surface area contributed by atoms with Crippen molar-refractivity contribution < 1.29 is 13.9 Å². The Bertz CT molecular complexity index is 1130. The summed E-state index contributed by atoms with van der Waals surface area (Å²) in [6.45, 7) is 9.02. The summed E-state index contributed by atoms with van der Waals surface area (Å²) < 4.78 is 10.8. The highest BCUT2D eigenvalue weighted by molar-refractivity contribution is 6.32. The Hall–Kier alpha value is -2.79. The van der Waals surface area contributed by atoms with Crippen molar-refractivity contribution in [3.8, 4) is 11.1 Å². The lowest BCUT2D eigenvalue weighted by atomic mass is 9.96. The van der Waals surface area contributed by atoms with Crippen LogP contribution in [0, 0.1) is 13.8 Å². The summed E-state index contributed by atoms with van der Waals surface area (Å²) in [5, 5.41) is 3.75. The first-order chi connectivity index (χ1) is 13.1. The largest absolute Gasteiger partial charge is 0.444 e. The number of aryl methyl sites for hydroxylation is 2. The van der Waals surface area contributed by atoms with Gasteiger partial charge in [0.05, 0.1) is 0 Å². The zero-order valence-electron chi connectivity index (χ0n) is 16.5. The van der Waals surface area contributed by atoms with Crippen LogP contribution in [-0.2, 0) is 4.74 Å². The van der Waals surface area contributed by atoms with Gasteiger partial charge in [-0.25, -0.2) is 9.59 Å². The summed E-state index contributed by atoms with van der Waals surface area (Å²) in [5.41, 5.74) is 2.15. The molecule has 0 atom stereocenters. The van der Waals surface area contributed by atoms with Crippen LogP contribution < -0.4 is 10.9 Å². The van der Waals surface area contributed by atoms with Crippen LogP contribution in [0.2, 0.25) is 5.02 Å². The molecule has 6 heteroatoms. The zero-order valence-corrected chi connectivity index (χ0v) is 17.2. The molecule has 0 radical (unpaired) electrons. The van der Waals surface area contributed by atoms with Crippen molar-refractivity contribution in [3.05, 3.63) is 63.0 Å². The van der Waals surface area contributed by atoms with Gasteiger partial charge in [-0.1, -0.05) is 35.9 Å². The van der Waals surface area contributed by atoms with Crippen LogP contribution >= 0.6 is 11.6 Å². The molecule has 1 aromatic heterocycles. The number of nitrogens with one attached hydrogen (secondary N) is 1. The molecule has 0 aliphatic carbocycles. The van der Waals surface area contributed by atoms with Gasteiger partial charge in [0.25, 0.3) is 0 Å². The number of halogens is 1. The third kappa shape index (κ3) is 4.04. The number of carbonyl (C=O) groups excluding carboxylic acids is 1. The Morgan fingerprint density at radius 1 is 1.11 bits per heavy atom. The Kier molecular flexibility index (Phi) is 5.22. The van der Waals surface area contributed by atoms with Crippen molar-refractivity contribution in [1.82, 2.24) is 0 Å². The lowest BCUT2D eigenvalue weighted by Gasteiger charge is -2.21. The number of ether oxygens (including phenoxy) is 1. The average molecular weight is 400 g/mol. The van der Waals surface area contributed by atoms with E-state index in [2.05, 4.69) is 5.32 Å². The fraction of sp³-hybridized carbons (Fsp3) is 0.273. The van der Waals surface area contributed by atoms with E-state index in [0.29, 0.717) is 21.6 Å². The smallest absolute Gasteiger partial charge is 0.412 e. The summed E-state index contributed by atoms with van der Waals surface area (Å²) in [6, 6.07) is 11.1. The minimum absolute atomic E-state index is 0.0240. The normalized spacial score (nSPS) is 11.5. The molecule has 0 bridgehead atoms. The van der Waals surface area contributed by atoms with E-state index in [-0.39, 0.29) is 5.69 Å². The SMILES string of the molecule is Cc1cc2oc(=O)c(NC(=O)OC(C)(C)C)c(-c3ccccc3C)c2cc1Cl. The maximum atomic E-state index is 12.8. The lowest BCUT2D eigenvalue weighted by Crippen LogP contribution is -2.29. The first-order valence-electron chi connectivity index (χ1n) is 8.90. The molecule has 0 saturated carbocycles. The first kappa shape index (κ1) is 20.0. The van der Waals surface area contributed by atoms with Gasteiger partial charge >= 0.3 is 11.7 Å². The van der Waals surface area contributed by atoms with E-state index in [4.69, 9.17) is 20.8 Å². The van der Waals surface area contributed by atoms with Gasteiger partial charge in [-0.05, 0) is 63.4 Å². The molecule has 0 unspecified atom stereocenters. The fourth-order valence-electron chi connectivity index (χ4n) is 2.97. The molecule has 3 aromatic rings. The second-order valence-corrected chi connectivity index (χ2v) is 8.09. The highest BCUT2D eigenvalue weighted by atomic mass is 35.5. The topological polar surface area (TPSA) is 68.5 Å². The van der Waals surface area contributed by atoms with Crippen LogP contribution in [0.25, 0.3) is 22.1 Å². The second kappa shape index (κ2) is 7.32. The molecule has 146 valence electrons. The third-order valence-corrected chi connectivity index (χ3v) is 4.63. The maximum absolute atomic E-state index is 12.8. The molecule has 1 heterocycles. The summed E-state index contributed by atoms with van der Waals surface area (Å²) in [5.74, 6) is 0. The summed E-state index contributed by atoms with van der Waals surface area (Å²) >= 11 is 6.34. The van der Waals surface area contributed by atoms with Gasteiger partial charge in [0.1, 0.15) is 16.9 Å². The van der Waals surface area contributed by atoms with E-state index in [1.165, 1.54) is 0 Å². The van der Waals surface area contributed by atoms with Gasteiger partial charge in [0, 0.05) is 16.0 Å². The second-order valence-electron chi connectivity index (χ2n) is 7.68. The minimum Gasteiger partial charge on any atom is -0.444 e. The fourth-order valence-corrected chi connectivity index (χ4v) is 3.14. The molecule has 0 saturated heterocycles. The number of rotatable bonds is 2. The highest BCUT2D eigenvalue weighted by Crippen LogP contribution is 2.37. The van der Waals surface area contributed by atoms with Crippen LogP contribution in [0.5, 0.6) is 0 Å². The van der Waals surface area contributed by atoms with Crippen LogP contribution in [0.15, 0.2) is 45.6 Å². The number of hydrogen-bond donors (Lipinski definition) is 1. The number of hydrogen-bond acceptors (Lipinski definition) is 4. The molecule has 28 heavy (non-hydrogen) atoms. The Morgan fingerprint density at radius 3 is 2.43 bits per heavy atom. The first-order valence-corrected chi connectivity index (χ1v) is 9.27. The van der Waals surface area contributed by atoms with Crippen molar-refractivity contribution in [2.75, 3.05) is 5.32 Å². The molecular weight excluding hydrogens is 378 g/mol. The minimum atomic E-state index is -0.729. The van der Waals surface area contributed by atoms with Gasteiger partial charge in [0.15, 0.2) is 0 Å². The van der Waals surface area contributed by atoms with E-state index in [9.17, 15) is 9.59 Å². The Morgan fingerprint density at radius 2 is 1.79 bits per heavy atom.